The second-order valence-electron chi connectivity index (χ2n) is 6.58. The van der Waals surface area contributed by atoms with Gasteiger partial charge in [0.1, 0.15) is 0 Å². The first-order valence-corrected chi connectivity index (χ1v) is 9.50. The molecule has 0 atom stereocenters. The van der Waals surface area contributed by atoms with Crippen molar-refractivity contribution in [3.05, 3.63) is 85.6 Å². The Hall–Kier alpha value is -2.90. The summed E-state index contributed by atoms with van der Waals surface area (Å²) in [6.07, 6.45) is 1.78. The summed E-state index contributed by atoms with van der Waals surface area (Å²) in [6.45, 7) is -0.142. The number of nitrogens with zero attached hydrogens (tertiary/aromatic N) is 3. The molecule has 4 rings (SSSR count). The fourth-order valence-electron chi connectivity index (χ4n) is 3.53. The Morgan fingerprint density at radius 3 is 2.36 bits per heavy atom. The number of hydrogen-bond acceptors (Lipinski definition) is 3. The minimum atomic E-state index is -0.385. The molecule has 0 bridgehead atoms. The Bertz CT molecular complexity index is 1330. The number of aromatic nitrogens is 3. The minimum Gasteiger partial charge on any atom is -0.392 e. The third kappa shape index (κ3) is 2.66. The van der Waals surface area contributed by atoms with E-state index < -0.39 is 0 Å². The van der Waals surface area contributed by atoms with E-state index in [1.807, 2.05) is 53.1 Å². The fraction of sp³-hybridized carbons (Fsp3) is 0.143. The zero-order valence-electron chi connectivity index (χ0n) is 15.4. The maximum absolute atomic E-state index is 13.1. The number of aliphatic hydroxyl groups is 1. The van der Waals surface area contributed by atoms with E-state index in [0.29, 0.717) is 16.6 Å². The Labute approximate surface area is 169 Å². The van der Waals surface area contributed by atoms with Gasteiger partial charge in [0.25, 0.3) is 5.56 Å². The highest BCUT2D eigenvalue weighted by atomic mass is 79.9. The van der Waals surface area contributed by atoms with E-state index in [-0.39, 0.29) is 17.9 Å². The molecule has 0 unspecified atom stereocenters. The van der Waals surface area contributed by atoms with Crippen LogP contribution in [0.2, 0.25) is 0 Å². The summed E-state index contributed by atoms with van der Waals surface area (Å²) in [5, 5.41) is 10.3. The number of aryl methyl sites for hydroxylation is 1. The third-order valence-electron chi connectivity index (χ3n) is 4.99. The van der Waals surface area contributed by atoms with Gasteiger partial charge in [-0.1, -0.05) is 52.3 Å². The Kier molecular flexibility index (Phi) is 4.56. The van der Waals surface area contributed by atoms with Crippen molar-refractivity contribution in [1.29, 1.82) is 0 Å². The second kappa shape index (κ2) is 6.92. The van der Waals surface area contributed by atoms with Crippen LogP contribution in [0.1, 0.15) is 5.56 Å². The van der Waals surface area contributed by atoms with Crippen LogP contribution in [0.3, 0.4) is 0 Å². The van der Waals surface area contributed by atoms with Crippen molar-refractivity contribution in [2.24, 2.45) is 14.1 Å². The number of aliphatic hydroxyl groups excluding tert-OH is 1. The summed E-state index contributed by atoms with van der Waals surface area (Å²) < 4.78 is 5.28. The Balaban J connectivity index is 2.26. The lowest BCUT2D eigenvalue weighted by molar-refractivity contribution is 0.281. The van der Waals surface area contributed by atoms with Gasteiger partial charge < -0.3 is 9.67 Å². The number of benzene rings is 2. The molecule has 0 spiro atoms. The molecule has 0 radical (unpaired) electrons. The molecular formula is C21H18BrN3O3. The summed E-state index contributed by atoms with van der Waals surface area (Å²) in [7, 11) is 3.13. The molecule has 0 aliphatic carbocycles. The van der Waals surface area contributed by atoms with Gasteiger partial charge in [-0.3, -0.25) is 13.9 Å². The van der Waals surface area contributed by atoms with E-state index in [1.54, 1.807) is 13.2 Å². The lowest BCUT2D eigenvalue weighted by Gasteiger charge is -2.14. The molecule has 142 valence electrons. The first-order valence-electron chi connectivity index (χ1n) is 8.70. The molecule has 0 aliphatic rings. The van der Waals surface area contributed by atoms with Crippen LogP contribution in [0.4, 0.5) is 0 Å². The molecule has 28 heavy (non-hydrogen) atoms. The molecule has 4 aromatic rings. The van der Waals surface area contributed by atoms with Gasteiger partial charge in [0.05, 0.1) is 28.9 Å². The zero-order valence-corrected chi connectivity index (χ0v) is 17.0. The summed E-state index contributed by atoms with van der Waals surface area (Å²) in [5.41, 5.74) is 2.75. The quantitative estimate of drug-likeness (QED) is 0.533. The normalized spacial score (nSPS) is 11.3. The van der Waals surface area contributed by atoms with E-state index in [2.05, 4.69) is 15.9 Å². The molecule has 0 aliphatic heterocycles. The van der Waals surface area contributed by atoms with Crippen molar-refractivity contribution in [1.82, 2.24) is 13.7 Å². The maximum Gasteiger partial charge on any atom is 0.330 e. The van der Waals surface area contributed by atoms with E-state index in [9.17, 15) is 14.7 Å². The van der Waals surface area contributed by atoms with Gasteiger partial charge in [-0.15, -0.1) is 0 Å². The largest absolute Gasteiger partial charge is 0.392 e. The monoisotopic (exact) mass is 439 g/mol. The van der Waals surface area contributed by atoms with Crippen LogP contribution >= 0.6 is 15.9 Å². The van der Waals surface area contributed by atoms with Crippen molar-refractivity contribution >= 4 is 26.8 Å². The third-order valence-corrected chi connectivity index (χ3v) is 5.68. The van der Waals surface area contributed by atoms with Gasteiger partial charge in [-0.05, 0) is 12.1 Å². The van der Waals surface area contributed by atoms with E-state index in [0.717, 1.165) is 25.9 Å². The van der Waals surface area contributed by atoms with Crippen molar-refractivity contribution in [2.75, 3.05) is 0 Å². The van der Waals surface area contributed by atoms with Gasteiger partial charge in [0, 0.05) is 35.9 Å². The van der Waals surface area contributed by atoms with Crippen LogP contribution in [0.25, 0.3) is 27.8 Å². The fourth-order valence-corrected chi connectivity index (χ4v) is 4.00. The lowest BCUT2D eigenvalue weighted by atomic mass is 10.1. The van der Waals surface area contributed by atoms with Gasteiger partial charge >= 0.3 is 5.69 Å². The Morgan fingerprint density at radius 1 is 0.964 bits per heavy atom. The van der Waals surface area contributed by atoms with Crippen molar-refractivity contribution in [3.8, 4) is 16.9 Å². The number of para-hydroxylation sites is 1. The molecule has 7 heteroatoms. The molecule has 0 amide bonds. The predicted octanol–water partition coefficient (Wildman–Crippen LogP) is 2.95. The number of halogens is 1. The van der Waals surface area contributed by atoms with Gasteiger partial charge in [-0.25, -0.2) is 4.79 Å². The summed E-state index contributed by atoms with van der Waals surface area (Å²) in [5.74, 6) is 0. The van der Waals surface area contributed by atoms with Crippen LogP contribution in [-0.4, -0.2) is 18.8 Å². The lowest BCUT2D eigenvalue weighted by Crippen LogP contribution is -2.36. The van der Waals surface area contributed by atoms with Crippen molar-refractivity contribution in [3.63, 3.8) is 0 Å². The smallest absolute Gasteiger partial charge is 0.330 e. The molecule has 0 saturated heterocycles. The molecule has 0 fully saturated rings. The summed E-state index contributed by atoms with van der Waals surface area (Å²) in [6, 6.07) is 15.1. The number of hydrogen-bond donors (Lipinski definition) is 1. The van der Waals surface area contributed by atoms with Crippen LogP contribution < -0.4 is 11.2 Å². The highest BCUT2D eigenvalue weighted by Gasteiger charge is 2.22. The van der Waals surface area contributed by atoms with E-state index >= 15 is 0 Å². The van der Waals surface area contributed by atoms with Gasteiger partial charge in [0.2, 0.25) is 0 Å². The molecule has 6 nitrogen and oxygen atoms in total. The highest BCUT2D eigenvalue weighted by molar-refractivity contribution is 9.10. The number of rotatable bonds is 3. The van der Waals surface area contributed by atoms with Crippen LogP contribution in [-0.2, 0) is 20.7 Å². The molecular weight excluding hydrogens is 422 g/mol. The van der Waals surface area contributed by atoms with Crippen molar-refractivity contribution < 1.29 is 5.11 Å². The van der Waals surface area contributed by atoms with Gasteiger partial charge in [0.15, 0.2) is 0 Å². The molecule has 2 aromatic heterocycles. The molecule has 1 N–H and O–H groups in total. The summed E-state index contributed by atoms with van der Waals surface area (Å²) >= 11 is 3.58. The van der Waals surface area contributed by atoms with Crippen molar-refractivity contribution in [2.45, 2.75) is 6.61 Å². The molecule has 2 heterocycles. The SMILES string of the molecule is Cn1c(=O)c2c(-c3ccccc3Br)n(-c3ccccc3CO)cc2n(C)c1=O. The van der Waals surface area contributed by atoms with E-state index in [1.165, 1.54) is 11.6 Å². The maximum atomic E-state index is 13.1. The second-order valence-corrected chi connectivity index (χ2v) is 7.43. The predicted molar refractivity (Wildman–Crippen MR) is 113 cm³/mol. The van der Waals surface area contributed by atoms with Gasteiger partial charge in [-0.2, -0.15) is 0 Å². The van der Waals surface area contributed by atoms with Crippen LogP contribution in [0.15, 0.2) is 68.8 Å². The topological polar surface area (TPSA) is 69.2 Å². The molecule has 0 saturated carbocycles. The average Bonchev–Trinajstić information content (AvgIpc) is 3.11. The first kappa shape index (κ1) is 18.5. The first-order chi connectivity index (χ1) is 13.5. The molecule has 2 aromatic carbocycles. The number of fused-ring (bicyclic) bond motifs is 1. The Morgan fingerprint density at radius 2 is 1.64 bits per heavy atom. The standard InChI is InChI=1S/C21H18BrN3O3/c1-23-17-11-25(16-10-6-3-7-13(16)12-26)19(14-8-4-5-9-15(14)22)18(17)20(27)24(2)21(23)28/h3-11,26H,12H2,1-2H3. The van der Waals surface area contributed by atoms with Crippen LogP contribution in [0, 0.1) is 0 Å². The summed E-state index contributed by atoms with van der Waals surface area (Å²) in [4.78, 5) is 25.5. The minimum absolute atomic E-state index is 0.142. The average molecular weight is 440 g/mol. The van der Waals surface area contributed by atoms with Crippen LogP contribution in [0.5, 0.6) is 0 Å². The highest BCUT2D eigenvalue weighted by Crippen LogP contribution is 2.35. The zero-order chi connectivity index (χ0) is 20.0. The van der Waals surface area contributed by atoms with E-state index in [4.69, 9.17) is 0 Å².